The summed E-state index contributed by atoms with van der Waals surface area (Å²) in [7, 11) is 0. The quantitative estimate of drug-likeness (QED) is 0.593. The average Bonchev–Trinajstić information content (AvgIpc) is 2.62. The molecule has 4 atom stereocenters. The van der Waals surface area contributed by atoms with E-state index in [4.69, 9.17) is 0 Å². The van der Waals surface area contributed by atoms with Crippen molar-refractivity contribution in [1.82, 2.24) is 0 Å². The van der Waals surface area contributed by atoms with Gasteiger partial charge in [0.15, 0.2) is 0 Å². The zero-order valence-electron chi connectivity index (χ0n) is 8.01. The van der Waals surface area contributed by atoms with Gasteiger partial charge >= 0.3 is 0 Å². The molecule has 0 bridgehead atoms. The molecule has 0 aromatic heterocycles. The normalized spacial score (nSPS) is 51.4. The fourth-order valence-corrected chi connectivity index (χ4v) is 2.61. The molecule has 0 radical (unpaired) electrons. The fourth-order valence-electron chi connectivity index (χ4n) is 2.61. The highest BCUT2D eigenvalue weighted by molar-refractivity contribution is 5.13. The Morgan fingerprint density at radius 2 is 2.17 bits per heavy atom. The van der Waals surface area contributed by atoms with Gasteiger partial charge in [0, 0.05) is 0 Å². The Morgan fingerprint density at radius 3 is 2.67 bits per heavy atom. The van der Waals surface area contributed by atoms with Crippen LogP contribution in [-0.4, -0.2) is 11.2 Å². The Labute approximate surface area is 74.5 Å². The van der Waals surface area contributed by atoms with Gasteiger partial charge in [0.1, 0.15) is 0 Å². The summed E-state index contributed by atoms with van der Waals surface area (Å²) in [6, 6.07) is 0. The van der Waals surface area contributed by atoms with Crippen LogP contribution >= 0.6 is 0 Å². The molecule has 0 heterocycles. The second-order valence-corrected chi connectivity index (χ2v) is 4.94. The number of allylic oxidation sites excluding steroid dienone is 1. The summed E-state index contributed by atoms with van der Waals surface area (Å²) in [5.74, 6) is 1.36. The van der Waals surface area contributed by atoms with Gasteiger partial charge in [-0.1, -0.05) is 19.1 Å². The zero-order chi connectivity index (χ0) is 8.93. The minimum absolute atomic E-state index is 0.0713. The molecule has 0 spiro atoms. The molecule has 2 aliphatic carbocycles. The van der Waals surface area contributed by atoms with Crippen molar-refractivity contribution in [2.24, 2.45) is 17.3 Å². The second kappa shape index (κ2) is 2.35. The third-order valence-corrected chi connectivity index (χ3v) is 3.99. The molecular weight excluding hydrogens is 148 g/mol. The highest BCUT2D eigenvalue weighted by Gasteiger charge is 2.58. The molecular formula is C11H18O. The van der Waals surface area contributed by atoms with Crippen LogP contribution in [0.2, 0.25) is 0 Å². The maximum Gasteiger partial charge on any atom is 0.0602 e. The molecule has 0 aromatic carbocycles. The Balaban J connectivity index is 2.06. The van der Waals surface area contributed by atoms with Crippen molar-refractivity contribution >= 4 is 0 Å². The number of fused-ring (bicyclic) bond motifs is 1. The molecule has 12 heavy (non-hydrogen) atoms. The van der Waals surface area contributed by atoms with Crippen LogP contribution in [0.25, 0.3) is 0 Å². The van der Waals surface area contributed by atoms with Gasteiger partial charge in [0.05, 0.1) is 6.10 Å². The standard InChI is InChI=1S/C11H18O/c1-7(2)8-4-9-6-11(9,3)10(12)5-8/h8-10,12H,1,4-6H2,2-3H3/t8?,9-,10?,11+/m1/s1. The van der Waals surface area contributed by atoms with E-state index in [2.05, 4.69) is 20.4 Å². The Hall–Kier alpha value is -0.300. The number of rotatable bonds is 1. The lowest BCUT2D eigenvalue weighted by molar-refractivity contribution is 0.0485. The van der Waals surface area contributed by atoms with Crippen molar-refractivity contribution in [3.05, 3.63) is 12.2 Å². The van der Waals surface area contributed by atoms with Gasteiger partial charge < -0.3 is 5.11 Å². The summed E-state index contributed by atoms with van der Waals surface area (Å²) in [6.07, 6.45) is 3.38. The summed E-state index contributed by atoms with van der Waals surface area (Å²) in [5.41, 5.74) is 1.54. The van der Waals surface area contributed by atoms with Crippen LogP contribution in [0.5, 0.6) is 0 Å². The Bertz CT molecular complexity index is 221. The first-order valence-electron chi connectivity index (χ1n) is 4.87. The first-order valence-corrected chi connectivity index (χ1v) is 4.87. The van der Waals surface area contributed by atoms with E-state index in [1.54, 1.807) is 0 Å². The van der Waals surface area contributed by atoms with E-state index in [-0.39, 0.29) is 11.5 Å². The van der Waals surface area contributed by atoms with Crippen molar-refractivity contribution < 1.29 is 5.11 Å². The summed E-state index contributed by atoms with van der Waals surface area (Å²) in [5, 5.41) is 9.86. The maximum absolute atomic E-state index is 9.86. The monoisotopic (exact) mass is 166 g/mol. The predicted molar refractivity (Wildman–Crippen MR) is 49.8 cm³/mol. The topological polar surface area (TPSA) is 20.2 Å². The van der Waals surface area contributed by atoms with E-state index < -0.39 is 0 Å². The molecule has 1 N–H and O–H groups in total. The first kappa shape index (κ1) is 8.31. The van der Waals surface area contributed by atoms with Gasteiger partial charge in [-0.2, -0.15) is 0 Å². The van der Waals surface area contributed by atoms with Crippen LogP contribution in [0, 0.1) is 17.3 Å². The summed E-state index contributed by atoms with van der Waals surface area (Å²) >= 11 is 0. The minimum Gasteiger partial charge on any atom is -0.393 e. The van der Waals surface area contributed by atoms with Gasteiger partial charge in [0.25, 0.3) is 0 Å². The van der Waals surface area contributed by atoms with Gasteiger partial charge in [-0.05, 0) is 43.4 Å². The van der Waals surface area contributed by atoms with Crippen LogP contribution in [0.15, 0.2) is 12.2 Å². The lowest BCUT2D eigenvalue weighted by Gasteiger charge is -2.31. The smallest absolute Gasteiger partial charge is 0.0602 e. The summed E-state index contributed by atoms with van der Waals surface area (Å²) in [4.78, 5) is 0. The molecule has 0 amide bonds. The molecule has 1 heteroatoms. The first-order chi connectivity index (χ1) is 5.54. The van der Waals surface area contributed by atoms with Gasteiger partial charge in [-0.25, -0.2) is 0 Å². The van der Waals surface area contributed by atoms with E-state index in [9.17, 15) is 5.11 Å². The van der Waals surface area contributed by atoms with E-state index in [0.717, 1.165) is 12.3 Å². The van der Waals surface area contributed by atoms with Crippen LogP contribution in [-0.2, 0) is 0 Å². The molecule has 2 fully saturated rings. The molecule has 68 valence electrons. The van der Waals surface area contributed by atoms with Crippen LogP contribution in [0.3, 0.4) is 0 Å². The highest BCUT2D eigenvalue weighted by Crippen LogP contribution is 2.62. The van der Waals surface area contributed by atoms with Crippen LogP contribution < -0.4 is 0 Å². The maximum atomic E-state index is 9.86. The highest BCUT2D eigenvalue weighted by atomic mass is 16.3. The van der Waals surface area contributed by atoms with E-state index in [0.29, 0.717) is 5.92 Å². The van der Waals surface area contributed by atoms with E-state index >= 15 is 0 Å². The van der Waals surface area contributed by atoms with Crippen molar-refractivity contribution in [3.63, 3.8) is 0 Å². The molecule has 2 saturated carbocycles. The number of aliphatic hydroxyl groups excluding tert-OH is 1. The van der Waals surface area contributed by atoms with Crippen molar-refractivity contribution in [3.8, 4) is 0 Å². The third-order valence-electron chi connectivity index (χ3n) is 3.99. The lowest BCUT2D eigenvalue weighted by atomic mass is 9.78. The number of hydrogen-bond acceptors (Lipinski definition) is 1. The van der Waals surface area contributed by atoms with E-state index in [1.807, 2.05) is 0 Å². The van der Waals surface area contributed by atoms with Crippen LogP contribution in [0.4, 0.5) is 0 Å². The summed E-state index contributed by atoms with van der Waals surface area (Å²) < 4.78 is 0. The third kappa shape index (κ3) is 1.03. The average molecular weight is 166 g/mol. The molecule has 2 unspecified atom stereocenters. The minimum atomic E-state index is -0.0713. The van der Waals surface area contributed by atoms with Crippen molar-refractivity contribution in [2.45, 2.75) is 39.2 Å². The van der Waals surface area contributed by atoms with Gasteiger partial charge in [0.2, 0.25) is 0 Å². The number of hydrogen-bond donors (Lipinski definition) is 1. The van der Waals surface area contributed by atoms with Crippen molar-refractivity contribution in [1.29, 1.82) is 0 Å². The predicted octanol–water partition coefficient (Wildman–Crippen LogP) is 2.36. The van der Waals surface area contributed by atoms with Gasteiger partial charge in [-0.3, -0.25) is 0 Å². The van der Waals surface area contributed by atoms with Crippen LogP contribution in [0.1, 0.15) is 33.1 Å². The molecule has 2 aliphatic rings. The zero-order valence-corrected chi connectivity index (χ0v) is 8.01. The second-order valence-electron chi connectivity index (χ2n) is 4.94. The van der Waals surface area contributed by atoms with Gasteiger partial charge in [-0.15, -0.1) is 0 Å². The Kier molecular flexibility index (Phi) is 1.63. The SMILES string of the molecule is C=C(C)C1CC(O)[C@@]2(C)C[C@H]2C1. The van der Waals surface area contributed by atoms with Crippen molar-refractivity contribution in [2.75, 3.05) is 0 Å². The lowest BCUT2D eigenvalue weighted by Crippen LogP contribution is -2.29. The largest absolute Gasteiger partial charge is 0.393 e. The molecule has 1 nitrogen and oxygen atoms in total. The molecule has 0 aromatic rings. The van der Waals surface area contributed by atoms with E-state index in [1.165, 1.54) is 18.4 Å². The molecule has 0 aliphatic heterocycles. The molecule has 2 rings (SSSR count). The number of aliphatic hydroxyl groups is 1. The Morgan fingerprint density at radius 1 is 1.50 bits per heavy atom. The fraction of sp³-hybridized carbons (Fsp3) is 0.818. The summed E-state index contributed by atoms with van der Waals surface area (Å²) in [6.45, 7) is 8.28. The molecule has 0 saturated heterocycles.